The molecule has 0 saturated carbocycles. The second kappa shape index (κ2) is 6.33. The minimum atomic E-state index is -0.0308. The van der Waals surface area contributed by atoms with Crippen LogP contribution in [0.2, 0.25) is 0 Å². The Morgan fingerprint density at radius 3 is 2.94 bits per heavy atom. The van der Waals surface area contributed by atoms with E-state index in [-0.39, 0.29) is 5.91 Å². The van der Waals surface area contributed by atoms with Crippen LogP contribution in [0, 0.1) is 0 Å². The Bertz CT molecular complexity index is 355. The van der Waals surface area contributed by atoms with Crippen LogP contribution < -0.4 is 10.2 Å². The number of hydrogen-bond donors (Lipinski definition) is 1. The van der Waals surface area contributed by atoms with E-state index in [2.05, 4.69) is 10.3 Å². The summed E-state index contributed by atoms with van der Waals surface area (Å²) in [6.45, 7) is 0. The molecule has 0 aliphatic heterocycles. The van der Waals surface area contributed by atoms with Crippen molar-refractivity contribution >= 4 is 29.0 Å². The van der Waals surface area contributed by atoms with Crippen LogP contribution in [-0.2, 0) is 4.79 Å². The maximum absolute atomic E-state index is 11.5. The van der Waals surface area contributed by atoms with Gasteiger partial charge in [0.25, 0.3) is 0 Å². The van der Waals surface area contributed by atoms with Gasteiger partial charge in [0.15, 0.2) is 5.82 Å². The molecule has 1 N–H and O–H groups in total. The molecule has 1 aromatic rings. The Hall–Kier alpha value is -1.29. The summed E-state index contributed by atoms with van der Waals surface area (Å²) in [4.78, 5) is 17.6. The molecule has 1 heterocycles. The Morgan fingerprint density at radius 2 is 2.31 bits per heavy atom. The van der Waals surface area contributed by atoms with Gasteiger partial charge < -0.3 is 10.2 Å². The molecule has 0 aliphatic carbocycles. The zero-order chi connectivity index (χ0) is 12.0. The lowest BCUT2D eigenvalue weighted by atomic mass is 10.3. The molecule has 0 unspecified atom stereocenters. The number of rotatable bonds is 5. The summed E-state index contributed by atoms with van der Waals surface area (Å²) in [6.07, 6.45) is 2.82. The normalized spacial score (nSPS) is 9.94. The van der Waals surface area contributed by atoms with E-state index in [1.807, 2.05) is 25.1 Å². The van der Waals surface area contributed by atoms with Crippen LogP contribution in [0.5, 0.6) is 0 Å². The number of carbonyl (C=O) groups is 1. The van der Waals surface area contributed by atoms with Crippen molar-refractivity contribution in [2.24, 2.45) is 0 Å². The van der Waals surface area contributed by atoms with E-state index in [0.29, 0.717) is 18.7 Å². The molecule has 1 rings (SSSR count). The van der Waals surface area contributed by atoms with E-state index in [1.54, 1.807) is 12.3 Å². The molecule has 0 radical (unpaired) electrons. The molecule has 0 aromatic carbocycles. The number of alkyl halides is 1. The number of nitrogens with zero attached hydrogens (tertiary/aromatic N) is 2. The lowest BCUT2D eigenvalue weighted by Crippen LogP contribution is -2.17. The maximum atomic E-state index is 11.5. The minimum absolute atomic E-state index is 0.0308. The van der Waals surface area contributed by atoms with E-state index >= 15 is 0 Å². The quantitative estimate of drug-likeness (QED) is 0.803. The van der Waals surface area contributed by atoms with Crippen molar-refractivity contribution in [3.8, 4) is 0 Å². The Kier molecular flexibility index (Phi) is 5.05. The van der Waals surface area contributed by atoms with Crippen molar-refractivity contribution in [3.05, 3.63) is 18.3 Å². The van der Waals surface area contributed by atoms with Gasteiger partial charge in [0.05, 0.1) is 5.69 Å². The smallest absolute Gasteiger partial charge is 0.224 e. The largest absolute Gasteiger partial charge is 0.361 e. The van der Waals surface area contributed by atoms with Crippen LogP contribution in [0.25, 0.3) is 0 Å². The molecule has 0 spiro atoms. The number of hydrogen-bond acceptors (Lipinski definition) is 3. The predicted octanol–water partition coefficient (Wildman–Crippen LogP) is 2.11. The third kappa shape index (κ3) is 3.70. The number of aromatic nitrogens is 1. The minimum Gasteiger partial charge on any atom is -0.361 e. The highest BCUT2D eigenvalue weighted by molar-refractivity contribution is 6.18. The van der Waals surface area contributed by atoms with Gasteiger partial charge in [-0.1, -0.05) is 0 Å². The zero-order valence-corrected chi connectivity index (χ0v) is 10.3. The van der Waals surface area contributed by atoms with Crippen LogP contribution in [0.4, 0.5) is 11.5 Å². The second-order valence-corrected chi connectivity index (χ2v) is 3.99. The Balaban J connectivity index is 2.69. The maximum Gasteiger partial charge on any atom is 0.224 e. The fraction of sp³-hybridized carbons (Fsp3) is 0.455. The first kappa shape index (κ1) is 12.8. The lowest BCUT2D eigenvalue weighted by molar-refractivity contribution is -0.116. The molecule has 0 saturated heterocycles. The highest BCUT2D eigenvalue weighted by Crippen LogP contribution is 2.20. The molecular formula is C11H16ClN3O. The summed E-state index contributed by atoms with van der Waals surface area (Å²) < 4.78 is 0. The standard InChI is InChI=1S/C11H16ClN3O/c1-15(2)11-9(5-4-8-13-11)14-10(16)6-3-7-12/h4-5,8H,3,6-7H2,1-2H3,(H,14,16). The first-order valence-electron chi connectivity index (χ1n) is 5.13. The molecule has 1 amide bonds. The average molecular weight is 242 g/mol. The van der Waals surface area contributed by atoms with Crippen LogP contribution in [-0.4, -0.2) is 30.9 Å². The molecule has 0 aliphatic rings. The number of pyridine rings is 1. The number of nitrogens with one attached hydrogen (secondary N) is 1. The monoisotopic (exact) mass is 241 g/mol. The summed E-state index contributed by atoms with van der Waals surface area (Å²) in [5.74, 6) is 1.22. The van der Waals surface area contributed by atoms with E-state index in [9.17, 15) is 4.79 Å². The topological polar surface area (TPSA) is 45.2 Å². The molecule has 1 aromatic heterocycles. The molecule has 4 nitrogen and oxygen atoms in total. The van der Waals surface area contributed by atoms with E-state index < -0.39 is 0 Å². The SMILES string of the molecule is CN(C)c1ncccc1NC(=O)CCCCl. The third-order valence-corrected chi connectivity index (χ3v) is 2.29. The molecule has 0 fully saturated rings. The predicted molar refractivity (Wildman–Crippen MR) is 67.1 cm³/mol. The molecule has 5 heteroatoms. The van der Waals surface area contributed by atoms with Gasteiger partial charge in [0.1, 0.15) is 0 Å². The van der Waals surface area contributed by atoms with Gasteiger partial charge in [0.2, 0.25) is 5.91 Å². The summed E-state index contributed by atoms with van der Waals surface area (Å²) in [7, 11) is 3.77. The summed E-state index contributed by atoms with van der Waals surface area (Å²) in [5.41, 5.74) is 0.729. The Morgan fingerprint density at radius 1 is 1.56 bits per heavy atom. The summed E-state index contributed by atoms with van der Waals surface area (Å²) >= 11 is 5.53. The van der Waals surface area contributed by atoms with Crippen LogP contribution >= 0.6 is 11.6 Å². The number of halogens is 1. The van der Waals surface area contributed by atoms with Gasteiger partial charge in [-0.3, -0.25) is 4.79 Å². The number of anilines is 2. The summed E-state index contributed by atoms with van der Waals surface area (Å²) in [6, 6.07) is 3.63. The fourth-order valence-electron chi connectivity index (χ4n) is 1.29. The molecule has 0 atom stereocenters. The zero-order valence-electron chi connectivity index (χ0n) is 9.53. The lowest BCUT2D eigenvalue weighted by Gasteiger charge is -2.16. The van der Waals surface area contributed by atoms with Crippen LogP contribution in [0.15, 0.2) is 18.3 Å². The van der Waals surface area contributed by atoms with Crippen LogP contribution in [0.1, 0.15) is 12.8 Å². The van der Waals surface area contributed by atoms with Crippen molar-refractivity contribution in [2.75, 3.05) is 30.2 Å². The molecule has 88 valence electrons. The third-order valence-electron chi connectivity index (χ3n) is 2.02. The van der Waals surface area contributed by atoms with E-state index in [1.165, 1.54) is 0 Å². The highest BCUT2D eigenvalue weighted by atomic mass is 35.5. The van der Waals surface area contributed by atoms with E-state index in [4.69, 9.17) is 11.6 Å². The van der Waals surface area contributed by atoms with Crippen molar-refractivity contribution in [1.82, 2.24) is 4.98 Å². The van der Waals surface area contributed by atoms with Gasteiger partial charge >= 0.3 is 0 Å². The van der Waals surface area contributed by atoms with Crippen LogP contribution in [0.3, 0.4) is 0 Å². The highest BCUT2D eigenvalue weighted by Gasteiger charge is 2.08. The van der Waals surface area contributed by atoms with Crippen molar-refractivity contribution < 1.29 is 4.79 Å². The molecule has 0 bridgehead atoms. The van der Waals surface area contributed by atoms with E-state index in [0.717, 1.165) is 11.5 Å². The van der Waals surface area contributed by atoms with Gasteiger partial charge in [-0.15, -0.1) is 11.6 Å². The van der Waals surface area contributed by atoms with Gasteiger partial charge in [-0.05, 0) is 18.6 Å². The van der Waals surface area contributed by atoms with Crippen molar-refractivity contribution in [2.45, 2.75) is 12.8 Å². The van der Waals surface area contributed by atoms with Crippen molar-refractivity contribution in [3.63, 3.8) is 0 Å². The number of carbonyl (C=O) groups excluding carboxylic acids is 1. The Labute approximate surface area is 101 Å². The fourth-order valence-corrected chi connectivity index (χ4v) is 1.42. The van der Waals surface area contributed by atoms with Gasteiger partial charge in [0, 0.05) is 32.6 Å². The van der Waals surface area contributed by atoms with Gasteiger partial charge in [-0.25, -0.2) is 4.98 Å². The summed E-state index contributed by atoms with van der Waals surface area (Å²) in [5, 5.41) is 2.82. The first-order chi connectivity index (χ1) is 7.65. The molecular weight excluding hydrogens is 226 g/mol. The van der Waals surface area contributed by atoms with Gasteiger partial charge in [-0.2, -0.15) is 0 Å². The average Bonchev–Trinajstić information content (AvgIpc) is 2.27. The molecule has 16 heavy (non-hydrogen) atoms. The first-order valence-corrected chi connectivity index (χ1v) is 5.66. The number of amides is 1. The van der Waals surface area contributed by atoms with Crippen molar-refractivity contribution in [1.29, 1.82) is 0 Å². The second-order valence-electron chi connectivity index (χ2n) is 3.61.